The number of nitrogens with one attached hydrogen (secondary N) is 1. The molecule has 4 rings (SSSR count). The number of hydrogen-bond donors (Lipinski definition) is 2. The van der Waals surface area contributed by atoms with Gasteiger partial charge in [-0.3, -0.25) is 20.2 Å². The summed E-state index contributed by atoms with van der Waals surface area (Å²) in [5.74, 6) is -2.34. The average Bonchev–Trinajstić information content (AvgIpc) is 3.18. The normalized spacial score (nSPS) is 10.6. The first-order chi connectivity index (χ1) is 15.8. The fourth-order valence-electron chi connectivity index (χ4n) is 3.44. The fraction of sp³-hybridized carbons (Fsp3) is 0.0417. The number of benzene rings is 3. The maximum Gasteiger partial charge on any atom is 0.343 e. The van der Waals surface area contributed by atoms with Crippen LogP contribution in [0.5, 0.6) is 0 Å². The van der Waals surface area contributed by atoms with Crippen molar-refractivity contribution in [1.29, 1.82) is 0 Å². The molecule has 0 aliphatic heterocycles. The summed E-state index contributed by atoms with van der Waals surface area (Å²) >= 11 is 1.23. The number of nitro groups is 1. The predicted molar refractivity (Wildman–Crippen MR) is 126 cm³/mol. The van der Waals surface area contributed by atoms with Crippen LogP contribution in [0.1, 0.15) is 25.6 Å². The Morgan fingerprint density at radius 1 is 0.939 bits per heavy atom. The van der Waals surface area contributed by atoms with Crippen LogP contribution in [0, 0.1) is 17.0 Å². The van der Waals surface area contributed by atoms with Crippen molar-refractivity contribution in [2.45, 2.75) is 6.92 Å². The van der Waals surface area contributed by atoms with Gasteiger partial charge in [-0.15, -0.1) is 11.3 Å². The van der Waals surface area contributed by atoms with Gasteiger partial charge in [0.25, 0.3) is 11.6 Å². The summed E-state index contributed by atoms with van der Waals surface area (Å²) in [6.07, 6.45) is 0. The molecule has 0 aliphatic carbocycles. The van der Waals surface area contributed by atoms with E-state index in [2.05, 4.69) is 10.3 Å². The van der Waals surface area contributed by atoms with Crippen molar-refractivity contribution in [3.8, 4) is 22.4 Å². The number of carbonyl (C=O) groups is 2. The van der Waals surface area contributed by atoms with Crippen LogP contribution in [-0.2, 0) is 0 Å². The summed E-state index contributed by atoms with van der Waals surface area (Å²) in [6, 6.07) is 21.4. The third kappa shape index (κ3) is 4.48. The SMILES string of the molecule is Cc1sc(NC(=O)c2cccc([N+](=O)[O-])c2C(=O)O)nc1-c1ccc(-c2ccccc2)cc1. The van der Waals surface area contributed by atoms with E-state index >= 15 is 0 Å². The van der Waals surface area contributed by atoms with Crippen molar-refractivity contribution in [3.05, 3.63) is 98.9 Å². The van der Waals surface area contributed by atoms with Crippen molar-refractivity contribution in [2.24, 2.45) is 0 Å². The molecule has 0 unspecified atom stereocenters. The molecule has 9 heteroatoms. The lowest BCUT2D eigenvalue weighted by molar-refractivity contribution is -0.385. The Kier molecular flexibility index (Phi) is 5.97. The van der Waals surface area contributed by atoms with Crippen LogP contribution in [0.15, 0.2) is 72.8 Å². The highest BCUT2D eigenvalue weighted by Gasteiger charge is 2.27. The van der Waals surface area contributed by atoms with E-state index in [4.69, 9.17) is 0 Å². The fourth-order valence-corrected chi connectivity index (χ4v) is 4.27. The Hall–Kier alpha value is -4.37. The monoisotopic (exact) mass is 459 g/mol. The molecule has 0 spiro atoms. The lowest BCUT2D eigenvalue weighted by Crippen LogP contribution is -2.17. The van der Waals surface area contributed by atoms with E-state index in [1.54, 1.807) is 0 Å². The third-order valence-corrected chi connectivity index (χ3v) is 5.87. The smallest absolute Gasteiger partial charge is 0.343 e. The number of aromatic carboxylic acids is 1. The number of carboxylic acid groups (broad SMARTS) is 1. The van der Waals surface area contributed by atoms with Gasteiger partial charge < -0.3 is 5.11 Å². The van der Waals surface area contributed by atoms with Crippen LogP contribution in [0.2, 0.25) is 0 Å². The molecular weight excluding hydrogens is 442 g/mol. The van der Waals surface area contributed by atoms with E-state index in [1.165, 1.54) is 23.5 Å². The van der Waals surface area contributed by atoms with Crippen molar-refractivity contribution >= 4 is 34.0 Å². The van der Waals surface area contributed by atoms with E-state index in [-0.39, 0.29) is 10.7 Å². The van der Waals surface area contributed by atoms with Gasteiger partial charge in [-0.25, -0.2) is 9.78 Å². The topological polar surface area (TPSA) is 122 Å². The van der Waals surface area contributed by atoms with Gasteiger partial charge in [-0.2, -0.15) is 0 Å². The van der Waals surface area contributed by atoms with Gasteiger partial charge in [0, 0.05) is 16.5 Å². The zero-order valence-corrected chi connectivity index (χ0v) is 18.1. The van der Waals surface area contributed by atoms with Gasteiger partial charge in [0.2, 0.25) is 0 Å². The summed E-state index contributed by atoms with van der Waals surface area (Å²) in [5.41, 5.74) is 2.09. The summed E-state index contributed by atoms with van der Waals surface area (Å²) in [4.78, 5) is 40.0. The molecule has 0 atom stereocenters. The van der Waals surface area contributed by atoms with Crippen molar-refractivity contribution < 1.29 is 19.6 Å². The number of aryl methyl sites for hydroxylation is 1. The molecule has 0 saturated carbocycles. The number of carboxylic acids is 1. The third-order valence-electron chi connectivity index (χ3n) is 4.98. The molecule has 4 aromatic rings. The highest BCUT2D eigenvalue weighted by atomic mass is 32.1. The molecule has 0 fully saturated rings. The van der Waals surface area contributed by atoms with Crippen molar-refractivity contribution in [3.63, 3.8) is 0 Å². The minimum Gasteiger partial charge on any atom is -0.477 e. The van der Waals surface area contributed by atoms with Crippen molar-refractivity contribution in [1.82, 2.24) is 4.98 Å². The summed E-state index contributed by atoms with van der Waals surface area (Å²) in [5, 5.41) is 23.4. The molecular formula is C24H17N3O5S. The number of nitro benzene ring substituents is 1. The van der Waals surface area contributed by atoms with Crippen LogP contribution < -0.4 is 5.32 Å². The lowest BCUT2D eigenvalue weighted by Gasteiger charge is -2.06. The Labute approximate surface area is 192 Å². The average molecular weight is 459 g/mol. The first-order valence-electron chi connectivity index (χ1n) is 9.80. The van der Waals surface area contributed by atoms with Crippen molar-refractivity contribution in [2.75, 3.05) is 5.32 Å². The van der Waals surface area contributed by atoms with E-state index < -0.39 is 28.1 Å². The highest BCUT2D eigenvalue weighted by molar-refractivity contribution is 7.16. The number of thiazole rings is 1. The van der Waals surface area contributed by atoms with E-state index in [0.717, 1.165) is 27.6 Å². The zero-order valence-electron chi connectivity index (χ0n) is 17.3. The van der Waals surface area contributed by atoms with E-state index in [0.29, 0.717) is 5.69 Å². The lowest BCUT2D eigenvalue weighted by atomic mass is 10.0. The van der Waals surface area contributed by atoms with E-state index in [1.807, 2.05) is 61.5 Å². The van der Waals surface area contributed by atoms with Crippen LogP contribution in [0.4, 0.5) is 10.8 Å². The standard InChI is InChI=1S/C24H17N3O5S/c1-14-21(17-12-10-16(11-13-17)15-6-3-2-4-7-15)25-24(33-14)26-22(28)18-8-5-9-19(27(31)32)20(18)23(29)30/h2-13H,1H3,(H,29,30)(H,25,26,28). The number of carbonyl (C=O) groups excluding carboxylic acids is 1. The largest absolute Gasteiger partial charge is 0.477 e. The van der Waals surface area contributed by atoms with E-state index in [9.17, 15) is 24.8 Å². The van der Waals surface area contributed by atoms with Crippen LogP contribution in [0.3, 0.4) is 0 Å². The number of nitrogens with zero attached hydrogens (tertiary/aromatic N) is 2. The molecule has 0 saturated heterocycles. The number of amides is 1. The summed E-state index contributed by atoms with van der Waals surface area (Å²) in [7, 11) is 0. The maximum absolute atomic E-state index is 12.7. The number of rotatable bonds is 6. The van der Waals surface area contributed by atoms with Gasteiger partial charge in [-0.05, 0) is 24.1 Å². The highest BCUT2D eigenvalue weighted by Crippen LogP contribution is 2.32. The minimum atomic E-state index is -1.55. The molecule has 0 bridgehead atoms. The second-order valence-electron chi connectivity index (χ2n) is 7.08. The summed E-state index contributed by atoms with van der Waals surface area (Å²) in [6.45, 7) is 1.86. The Bertz CT molecular complexity index is 1360. The molecule has 1 aromatic heterocycles. The van der Waals surface area contributed by atoms with Gasteiger partial charge >= 0.3 is 5.97 Å². The second kappa shape index (κ2) is 9.01. The first kappa shape index (κ1) is 21.8. The molecule has 164 valence electrons. The zero-order chi connectivity index (χ0) is 23.5. The van der Waals surface area contributed by atoms with Crippen LogP contribution >= 0.6 is 11.3 Å². The number of aromatic nitrogens is 1. The maximum atomic E-state index is 12.7. The molecule has 2 N–H and O–H groups in total. The quantitative estimate of drug-likeness (QED) is 0.284. The van der Waals surface area contributed by atoms with Gasteiger partial charge in [0.05, 0.1) is 16.2 Å². The molecule has 8 nitrogen and oxygen atoms in total. The van der Waals surface area contributed by atoms with Crippen LogP contribution in [-0.4, -0.2) is 26.9 Å². The summed E-state index contributed by atoms with van der Waals surface area (Å²) < 4.78 is 0. The molecule has 3 aromatic carbocycles. The molecule has 1 amide bonds. The Morgan fingerprint density at radius 3 is 2.21 bits per heavy atom. The predicted octanol–water partition coefficient (Wildman–Crippen LogP) is 5.64. The number of hydrogen-bond acceptors (Lipinski definition) is 6. The molecule has 0 radical (unpaired) electrons. The molecule has 0 aliphatic rings. The Morgan fingerprint density at radius 2 is 1.58 bits per heavy atom. The second-order valence-corrected chi connectivity index (χ2v) is 8.29. The number of anilines is 1. The Balaban J connectivity index is 1.60. The van der Waals surface area contributed by atoms with Gasteiger partial charge in [0.15, 0.2) is 5.13 Å². The molecule has 1 heterocycles. The first-order valence-corrected chi connectivity index (χ1v) is 10.6. The van der Waals surface area contributed by atoms with Gasteiger partial charge in [-0.1, -0.05) is 60.7 Å². The van der Waals surface area contributed by atoms with Crippen LogP contribution in [0.25, 0.3) is 22.4 Å². The molecule has 33 heavy (non-hydrogen) atoms. The minimum absolute atomic E-state index is 0.266. The van der Waals surface area contributed by atoms with Gasteiger partial charge in [0.1, 0.15) is 5.56 Å².